The Morgan fingerprint density at radius 2 is 2.08 bits per heavy atom. The number of aryl methyl sites for hydroxylation is 1. The maximum atomic E-state index is 13.0. The van der Waals surface area contributed by atoms with Crippen molar-refractivity contribution in [2.24, 2.45) is 5.92 Å². The Hall–Kier alpha value is -2.14. The first-order valence-corrected chi connectivity index (χ1v) is 10.3. The van der Waals surface area contributed by atoms with Crippen LogP contribution in [0.2, 0.25) is 0 Å². The summed E-state index contributed by atoms with van der Waals surface area (Å²) < 4.78 is 2.26. The number of para-hydroxylation sites is 2. The molecule has 0 fully saturated rings. The lowest BCUT2D eigenvalue weighted by molar-refractivity contribution is 0.0730. The number of hydrogen-bond acceptors (Lipinski definition) is 3. The van der Waals surface area contributed by atoms with Crippen molar-refractivity contribution in [2.75, 3.05) is 6.54 Å². The van der Waals surface area contributed by atoms with Gasteiger partial charge < -0.3 is 9.47 Å². The van der Waals surface area contributed by atoms with Crippen LogP contribution < -0.4 is 0 Å². The summed E-state index contributed by atoms with van der Waals surface area (Å²) >= 11 is 1.56. The number of nitrogens with zero attached hydrogens (tertiary/aromatic N) is 3. The van der Waals surface area contributed by atoms with Crippen LogP contribution >= 0.6 is 11.3 Å². The lowest BCUT2D eigenvalue weighted by Crippen LogP contribution is -2.33. The van der Waals surface area contributed by atoms with Gasteiger partial charge in [0, 0.05) is 18.5 Å². The number of thiophene rings is 1. The quantitative estimate of drug-likeness (QED) is 0.547. The molecule has 0 N–H and O–H groups in total. The molecule has 3 rings (SSSR count). The lowest BCUT2D eigenvalue weighted by atomic mass is 10.1. The highest BCUT2D eigenvalue weighted by molar-refractivity contribution is 7.08. The molecule has 0 saturated carbocycles. The average molecular weight is 370 g/mol. The molecular formula is C21H27N3OS. The van der Waals surface area contributed by atoms with Crippen molar-refractivity contribution in [1.29, 1.82) is 0 Å². The molecule has 0 aliphatic rings. The Morgan fingerprint density at radius 1 is 1.27 bits per heavy atom. The van der Waals surface area contributed by atoms with Gasteiger partial charge in [0.2, 0.25) is 0 Å². The highest BCUT2D eigenvalue weighted by atomic mass is 32.1. The van der Waals surface area contributed by atoms with Crippen molar-refractivity contribution in [3.63, 3.8) is 0 Å². The summed E-state index contributed by atoms with van der Waals surface area (Å²) in [5.74, 6) is 1.63. The maximum Gasteiger partial charge on any atom is 0.255 e. The highest BCUT2D eigenvalue weighted by Gasteiger charge is 2.20. The van der Waals surface area contributed by atoms with E-state index in [1.165, 1.54) is 0 Å². The summed E-state index contributed by atoms with van der Waals surface area (Å²) in [7, 11) is 0. The topological polar surface area (TPSA) is 38.1 Å². The molecular weight excluding hydrogens is 342 g/mol. The standard InChI is InChI=1S/C21H27N3OS/c1-4-11-24-19-8-6-5-7-18(19)22-20(24)14-23(12-9-16(2)3)21(25)17-10-13-26-15-17/h5-8,10,13,15-16H,4,9,11-12,14H2,1-3H3. The molecule has 0 aliphatic carbocycles. The number of benzene rings is 1. The van der Waals surface area contributed by atoms with Crippen LogP contribution in [0.3, 0.4) is 0 Å². The van der Waals surface area contributed by atoms with Crippen molar-refractivity contribution < 1.29 is 4.79 Å². The van der Waals surface area contributed by atoms with Crippen LogP contribution in [-0.2, 0) is 13.1 Å². The first-order valence-electron chi connectivity index (χ1n) is 9.35. The number of rotatable bonds is 8. The predicted molar refractivity (Wildman–Crippen MR) is 109 cm³/mol. The summed E-state index contributed by atoms with van der Waals surface area (Å²) in [6, 6.07) is 10.1. The molecule has 1 aromatic carbocycles. The van der Waals surface area contributed by atoms with E-state index < -0.39 is 0 Å². The molecule has 0 aliphatic heterocycles. The Bertz CT molecular complexity index is 851. The van der Waals surface area contributed by atoms with E-state index in [1.54, 1.807) is 11.3 Å². The van der Waals surface area contributed by atoms with E-state index in [0.29, 0.717) is 12.5 Å². The van der Waals surface area contributed by atoms with E-state index in [9.17, 15) is 4.79 Å². The summed E-state index contributed by atoms with van der Waals surface area (Å²) in [5.41, 5.74) is 2.93. The molecule has 0 radical (unpaired) electrons. The van der Waals surface area contributed by atoms with Gasteiger partial charge in [-0.3, -0.25) is 4.79 Å². The first kappa shape index (κ1) is 18.6. The number of carbonyl (C=O) groups excluding carboxylic acids is 1. The summed E-state index contributed by atoms with van der Waals surface area (Å²) in [6.45, 7) is 8.78. The summed E-state index contributed by atoms with van der Waals surface area (Å²) in [6.07, 6.45) is 2.03. The second-order valence-electron chi connectivity index (χ2n) is 7.09. The predicted octanol–water partition coefficient (Wildman–Crippen LogP) is 5.20. The van der Waals surface area contributed by atoms with Crippen molar-refractivity contribution in [2.45, 2.75) is 46.7 Å². The van der Waals surface area contributed by atoms with Crippen LogP contribution in [0.4, 0.5) is 0 Å². The van der Waals surface area contributed by atoms with E-state index in [0.717, 1.165) is 48.4 Å². The molecule has 0 saturated heterocycles. The van der Waals surface area contributed by atoms with Crippen LogP contribution in [0.15, 0.2) is 41.1 Å². The Labute approximate surface area is 159 Å². The van der Waals surface area contributed by atoms with Crippen molar-refractivity contribution in [3.8, 4) is 0 Å². The van der Waals surface area contributed by atoms with Gasteiger partial charge in [0.1, 0.15) is 5.82 Å². The zero-order valence-electron chi connectivity index (χ0n) is 15.8. The molecule has 0 unspecified atom stereocenters. The second kappa shape index (κ2) is 8.49. The van der Waals surface area contributed by atoms with E-state index in [2.05, 4.69) is 31.4 Å². The Balaban J connectivity index is 1.91. The van der Waals surface area contributed by atoms with Crippen molar-refractivity contribution >= 4 is 28.3 Å². The SMILES string of the molecule is CCCn1c(CN(CCC(C)C)C(=O)c2ccsc2)nc2ccccc21. The minimum atomic E-state index is 0.0991. The van der Waals surface area contributed by atoms with Crippen LogP contribution in [0.25, 0.3) is 11.0 Å². The van der Waals surface area contributed by atoms with Crippen molar-refractivity contribution in [1.82, 2.24) is 14.5 Å². The van der Waals surface area contributed by atoms with E-state index in [1.807, 2.05) is 39.9 Å². The number of aromatic nitrogens is 2. The van der Waals surface area contributed by atoms with E-state index >= 15 is 0 Å². The molecule has 3 aromatic rings. The molecule has 0 spiro atoms. The van der Waals surface area contributed by atoms with Gasteiger partial charge in [0.15, 0.2) is 0 Å². The molecule has 0 bridgehead atoms. The Kier molecular flexibility index (Phi) is 6.09. The van der Waals surface area contributed by atoms with Crippen LogP contribution in [0, 0.1) is 5.92 Å². The van der Waals surface area contributed by atoms with Gasteiger partial charge in [-0.2, -0.15) is 11.3 Å². The minimum absolute atomic E-state index is 0.0991. The van der Waals surface area contributed by atoms with Gasteiger partial charge in [-0.05, 0) is 42.3 Å². The molecule has 2 heterocycles. The van der Waals surface area contributed by atoms with Gasteiger partial charge in [0.05, 0.1) is 23.1 Å². The third-order valence-corrected chi connectivity index (χ3v) is 5.23. The number of hydrogen-bond donors (Lipinski definition) is 0. The van der Waals surface area contributed by atoms with Crippen LogP contribution in [0.1, 0.15) is 49.8 Å². The summed E-state index contributed by atoms with van der Waals surface area (Å²) in [5, 5.41) is 3.89. The number of fused-ring (bicyclic) bond motifs is 1. The lowest BCUT2D eigenvalue weighted by Gasteiger charge is -2.23. The van der Waals surface area contributed by atoms with Gasteiger partial charge in [-0.15, -0.1) is 0 Å². The second-order valence-corrected chi connectivity index (χ2v) is 7.87. The highest BCUT2D eigenvalue weighted by Crippen LogP contribution is 2.20. The monoisotopic (exact) mass is 369 g/mol. The van der Waals surface area contributed by atoms with Crippen molar-refractivity contribution in [3.05, 3.63) is 52.5 Å². The molecule has 1 amide bonds. The zero-order valence-corrected chi connectivity index (χ0v) is 16.6. The molecule has 4 nitrogen and oxygen atoms in total. The summed E-state index contributed by atoms with van der Waals surface area (Å²) in [4.78, 5) is 19.8. The fourth-order valence-electron chi connectivity index (χ4n) is 3.13. The molecule has 2 aromatic heterocycles. The first-order chi connectivity index (χ1) is 12.6. The maximum absolute atomic E-state index is 13.0. The molecule has 0 atom stereocenters. The largest absolute Gasteiger partial charge is 0.331 e. The van der Waals surface area contributed by atoms with E-state index in [-0.39, 0.29) is 5.91 Å². The van der Waals surface area contributed by atoms with Gasteiger partial charge in [-0.1, -0.05) is 32.9 Å². The number of amides is 1. The molecule has 26 heavy (non-hydrogen) atoms. The number of carbonyl (C=O) groups is 1. The normalized spacial score (nSPS) is 11.4. The third kappa shape index (κ3) is 4.15. The Morgan fingerprint density at radius 3 is 2.77 bits per heavy atom. The molecule has 5 heteroatoms. The van der Waals surface area contributed by atoms with Crippen LogP contribution in [-0.4, -0.2) is 26.9 Å². The zero-order chi connectivity index (χ0) is 18.5. The fraction of sp³-hybridized carbons (Fsp3) is 0.429. The smallest absolute Gasteiger partial charge is 0.255 e. The third-order valence-electron chi connectivity index (χ3n) is 4.54. The van der Waals surface area contributed by atoms with Gasteiger partial charge in [0.25, 0.3) is 5.91 Å². The number of imidazole rings is 1. The van der Waals surface area contributed by atoms with E-state index in [4.69, 9.17) is 4.98 Å². The van der Waals surface area contributed by atoms with Crippen LogP contribution in [0.5, 0.6) is 0 Å². The van der Waals surface area contributed by atoms with Gasteiger partial charge >= 0.3 is 0 Å². The fourth-order valence-corrected chi connectivity index (χ4v) is 3.75. The molecule has 138 valence electrons. The average Bonchev–Trinajstić information content (AvgIpc) is 3.27. The minimum Gasteiger partial charge on any atom is -0.331 e. The van der Waals surface area contributed by atoms with Gasteiger partial charge in [-0.25, -0.2) is 4.98 Å².